The molecule has 0 aliphatic heterocycles. The van der Waals surface area contributed by atoms with Crippen molar-refractivity contribution in [3.63, 3.8) is 0 Å². The average Bonchev–Trinajstić information content (AvgIpc) is 3.22. The quantitative estimate of drug-likeness (QED) is 0.322. The Kier molecular flexibility index (Phi) is 7.21. The highest BCUT2D eigenvalue weighted by atomic mass is 16.5. The van der Waals surface area contributed by atoms with Crippen LogP contribution < -0.4 is 5.32 Å². The molecule has 0 saturated carbocycles. The van der Waals surface area contributed by atoms with E-state index in [-0.39, 0.29) is 37.1 Å². The summed E-state index contributed by atoms with van der Waals surface area (Å²) in [5.41, 5.74) is 8.47. The summed E-state index contributed by atoms with van der Waals surface area (Å²) >= 11 is 0. The second kappa shape index (κ2) is 11.3. The van der Waals surface area contributed by atoms with Crippen LogP contribution in [0.15, 0.2) is 108 Å². The number of carboxylic acid groups (broad SMARTS) is 1. The van der Waals surface area contributed by atoms with Crippen molar-refractivity contribution in [2.45, 2.75) is 25.2 Å². The second-order valence-electron chi connectivity index (χ2n) is 10.4. The van der Waals surface area contributed by atoms with Crippen molar-refractivity contribution in [2.24, 2.45) is 5.92 Å². The van der Waals surface area contributed by atoms with Crippen molar-refractivity contribution < 1.29 is 24.2 Å². The SMILES string of the molecule is O=C(O)CCCC(=O)C1=CC2C=Cc3ccccc3C(NC(=O)OCC3c4ccccc4-c4ccccc43)=C2C=C1. The van der Waals surface area contributed by atoms with Crippen LogP contribution in [-0.2, 0) is 14.3 Å². The largest absolute Gasteiger partial charge is 0.481 e. The van der Waals surface area contributed by atoms with Crippen LogP contribution in [0, 0.1) is 5.92 Å². The van der Waals surface area contributed by atoms with Gasteiger partial charge in [-0.25, -0.2) is 4.79 Å². The smallest absolute Gasteiger partial charge is 0.411 e. The molecule has 1 unspecified atom stereocenters. The van der Waals surface area contributed by atoms with Crippen LogP contribution in [0.5, 0.6) is 0 Å². The van der Waals surface area contributed by atoms with Crippen LogP contribution >= 0.6 is 0 Å². The van der Waals surface area contributed by atoms with Crippen LogP contribution in [0.25, 0.3) is 22.9 Å². The molecule has 0 saturated heterocycles. The Morgan fingerprint density at radius 3 is 2.15 bits per heavy atom. The number of hydrogen-bond donors (Lipinski definition) is 2. The van der Waals surface area contributed by atoms with Crippen molar-refractivity contribution >= 4 is 29.6 Å². The molecule has 0 spiro atoms. The van der Waals surface area contributed by atoms with E-state index in [2.05, 4.69) is 29.6 Å². The van der Waals surface area contributed by atoms with Crippen LogP contribution in [0.2, 0.25) is 0 Å². The fourth-order valence-corrected chi connectivity index (χ4v) is 5.88. The minimum absolute atomic E-state index is 0.0409. The van der Waals surface area contributed by atoms with E-state index in [1.165, 1.54) is 11.1 Å². The Balaban J connectivity index is 1.23. The van der Waals surface area contributed by atoms with Gasteiger partial charge < -0.3 is 9.84 Å². The molecule has 0 bridgehead atoms. The van der Waals surface area contributed by atoms with Gasteiger partial charge in [-0.2, -0.15) is 0 Å². The van der Waals surface area contributed by atoms with Crippen molar-refractivity contribution in [1.82, 2.24) is 5.32 Å². The Bertz CT molecular complexity index is 1630. The molecule has 41 heavy (non-hydrogen) atoms. The standard InChI is InChI=1S/C35H29NO5/c37-32(14-7-15-33(38)39)24-18-19-26-23(20-24)17-16-22-8-1-2-9-25(22)34(26)36-35(40)41-21-31-29-12-5-3-10-27(29)28-11-4-6-13-30(28)31/h1-6,8-13,16-20,23,31H,7,14-15,21H2,(H,36,40)(H,38,39). The Morgan fingerprint density at radius 2 is 1.44 bits per heavy atom. The number of Topliss-reactive ketones (excluding diaryl/α,β-unsaturated/α-hetero) is 1. The molecule has 3 aromatic carbocycles. The van der Waals surface area contributed by atoms with Crippen molar-refractivity contribution in [1.29, 1.82) is 0 Å². The number of nitrogens with one attached hydrogen (secondary N) is 1. The highest BCUT2D eigenvalue weighted by Crippen LogP contribution is 2.44. The third-order valence-electron chi connectivity index (χ3n) is 7.85. The monoisotopic (exact) mass is 543 g/mol. The number of hydrogen-bond acceptors (Lipinski definition) is 4. The summed E-state index contributed by atoms with van der Waals surface area (Å²) in [7, 11) is 0. The maximum Gasteiger partial charge on any atom is 0.411 e. The van der Waals surface area contributed by atoms with Crippen molar-refractivity contribution in [2.75, 3.05) is 6.61 Å². The van der Waals surface area contributed by atoms with Crippen molar-refractivity contribution in [3.05, 3.63) is 131 Å². The Labute approximate surface area is 238 Å². The summed E-state index contributed by atoms with van der Waals surface area (Å²) in [6, 6.07) is 24.2. The van der Waals surface area contributed by atoms with Crippen LogP contribution in [-0.4, -0.2) is 29.6 Å². The molecule has 6 nitrogen and oxygen atoms in total. The van der Waals surface area contributed by atoms with Crippen LogP contribution in [0.1, 0.15) is 47.4 Å². The molecule has 0 fully saturated rings. The molecule has 6 heteroatoms. The highest BCUT2D eigenvalue weighted by molar-refractivity contribution is 5.99. The topological polar surface area (TPSA) is 92.7 Å². The van der Waals surface area contributed by atoms with E-state index >= 15 is 0 Å². The van der Waals surface area contributed by atoms with Gasteiger partial charge in [0.2, 0.25) is 0 Å². The number of ether oxygens (including phenoxy) is 1. The molecule has 0 heterocycles. The fourth-order valence-electron chi connectivity index (χ4n) is 5.88. The summed E-state index contributed by atoms with van der Waals surface area (Å²) in [6.45, 7) is 0.205. The molecule has 1 atom stereocenters. The lowest BCUT2D eigenvalue weighted by Crippen LogP contribution is -2.27. The lowest BCUT2D eigenvalue weighted by molar-refractivity contribution is -0.137. The van der Waals surface area contributed by atoms with E-state index in [1.807, 2.05) is 72.8 Å². The van der Waals surface area contributed by atoms with Crippen LogP contribution in [0.4, 0.5) is 4.79 Å². The average molecular weight is 544 g/mol. The van der Waals surface area contributed by atoms with Crippen molar-refractivity contribution in [3.8, 4) is 11.1 Å². The number of amides is 1. The number of benzene rings is 3. The lowest BCUT2D eigenvalue weighted by Gasteiger charge is -2.21. The second-order valence-corrected chi connectivity index (χ2v) is 10.4. The first-order chi connectivity index (χ1) is 20.0. The predicted molar refractivity (Wildman–Crippen MR) is 158 cm³/mol. The van der Waals surface area contributed by atoms with Gasteiger partial charge >= 0.3 is 12.1 Å². The summed E-state index contributed by atoms with van der Waals surface area (Å²) in [4.78, 5) is 36.9. The van der Waals surface area contributed by atoms with E-state index in [0.29, 0.717) is 17.7 Å². The van der Waals surface area contributed by atoms with Gasteiger partial charge in [-0.05, 0) is 39.8 Å². The van der Waals surface area contributed by atoms with E-state index in [0.717, 1.165) is 27.8 Å². The third-order valence-corrected chi connectivity index (χ3v) is 7.85. The molecular formula is C35H29NO5. The summed E-state index contributed by atoms with van der Waals surface area (Å²) in [5, 5.41) is 11.9. The summed E-state index contributed by atoms with van der Waals surface area (Å²) < 4.78 is 5.85. The molecule has 1 amide bonds. The van der Waals surface area contributed by atoms with Gasteiger partial charge in [0.1, 0.15) is 6.61 Å². The first-order valence-corrected chi connectivity index (χ1v) is 13.8. The van der Waals surface area contributed by atoms with Gasteiger partial charge in [0.05, 0.1) is 5.70 Å². The van der Waals surface area contributed by atoms with Gasteiger partial charge in [0, 0.05) is 35.8 Å². The number of carbonyl (C=O) groups excluding carboxylic acids is 2. The number of aliphatic carboxylic acids is 1. The molecule has 2 N–H and O–H groups in total. The van der Waals surface area contributed by atoms with Gasteiger partial charge in [0.25, 0.3) is 0 Å². The number of allylic oxidation sites excluding steroid dienone is 6. The zero-order chi connectivity index (χ0) is 28.3. The third kappa shape index (κ3) is 5.29. The summed E-state index contributed by atoms with van der Waals surface area (Å²) in [6.07, 6.45) is 9.37. The maximum absolute atomic E-state index is 13.3. The predicted octanol–water partition coefficient (Wildman–Crippen LogP) is 6.90. The summed E-state index contributed by atoms with van der Waals surface area (Å²) in [5.74, 6) is -1.30. The number of ketones is 1. The first-order valence-electron chi connectivity index (χ1n) is 13.8. The van der Waals surface area contributed by atoms with Gasteiger partial charge in [-0.3, -0.25) is 14.9 Å². The number of rotatable bonds is 8. The minimum Gasteiger partial charge on any atom is -0.481 e. The van der Waals surface area contributed by atoms with Crippen LogP contribution in [0.3, 0.4) is 0 Å². The highest BCUT2D eigenvalue weighted by Gasteiger charge is 2.30. The fraction of sp³-hybridized carbons (Fsp3) is 0.171. The van der Waals surface area contributed by atoms with Gasteiger partial charge in [0.15, 0.2) is 5.78 Å². The van der Waals surface area contributed by atoms with E-state index in [9.17, 15) is 14.4 Å². The maximum atomic E-state index is 13.3. The van der Waals surface area contributed by atoms with E-state index < -0.39 is 12.1 Å². The van der Waals surface area contributed by atoms with E-state index in [4.69, 9.17) is 9.84 Å². The van der Waals surface area contributed by atoms with E-state index in [1.54, 1.807) is 6.08 Å². The molecule has 0 aromatic heterocycles. The Morgan fingerprint density at radius 1 is 0.780 bits per heavy atom. The molecule has 6 rings (SSSR count). The first kappa shape index (κ1) is 26.3. The Hall–Kier alpha value is -4.97. The lowest BCUT2D eigenvalue weighted by atomic mass is 9.87. The molecule has 204 valence electrons. The van der Waals surface area contributed by atoms with Gasteiger partial charge in [-0.15, -0.1) is 0 Å². The van der Waals surface area contributed by atoms with Gasteiger partial charge in [-0.1, -0.05) is 103 Å². The zero-order valence-corrected chi connectivity index (χ0v) is 22.4. The number of carbonyl (C=O) groups is 3. The normalized spacial score (nSPS) is 16.6. The zero-order valence-electron chi connectivity index (χ0n) is 22.4. The molecule has 3 aliphatic rings. The molecule has 0 radical (unpaired) electrons. The molecule has 3 aliphatic carbocycles. The molecule has 3 aromatic rings. The minimum atomic E-state index is -0.912. The number of carboxylic acids is 1. The number of alkyl carbamates (subject to hydrolysis) is 1. The number of fused-ring (bicyclic) bond motifs is 5. The molecular weight excluding hydrogens is 514 g/mol.